The van der Waals surface area contributed by atoms with Crippen molar-refractivity contribution in [3.05, 3.63) is 40.6 Å². The fourth-order valence-electron chi connectivity index (χ4n) is 3.09. The number of hydrogen-bond donors (Lipinski definition) is 0. The number of hydrogen-bond acceptors (Lipinski definition) is 10. The minimum Gasteiger partial charge on any atom is -0.493 e. The van der Waals surface area contributed by atoms with Crippen LogP contribution in [0.15, 0.2) is 39.5 Å². The highest BCUT2D eigenvalue weighted by molar-refractivity contribution is 5.95. The van der Waals surface area contributed by atoms with E-state index in [9.17, 15) is 19.2 Å². The zero-order valence-electron chi connectivity index (χ0n) is 18.5. The molecule has 0 saturated carbocycles. The third-order valence-corrected chi connectivity index (χ3v) is 4.31. The molecule has 0 spiro atoms. The van der Waals surface area contributed by atoms with Crippen molar-refractivity contribution < 1.29 is 42.5 Å². The smallest absolute Gasteiger partial charge is 0.308 e. The molecule has 0 unspecified atom stereocenters. The molecular weight excluding hydrogens is 436 g/mol. The number of methoxy groups -OCH3 is 2. The van der Waals surface area contributed by atoms with E-state index in [4.69, 9.17) is 28.1 Å². The summed E-state index contributed by atoms with van der Waals surface area (Å²) in [4.78, 5) is 48.1. The quantitative estimate of drug-likeness (QED) is 0.403. The summed E-state index contributed by atoms with van der Waals surface area (Å²) in [5.41, 5.74) is -0.412. The zero-order chi connectivity index (χ0) is 24.3. The SMILES string of the molecule is COc1ccc(-c2cc(=O)c3c(OC(C)=O)cc(OC(C)=O)c(OC(C)=O)c3o2)cc1OC. The van der Waals surface area contributed by atoms with Crippen LogP contribution in [0.4, 0.5) is 0 Å². The molecule has 0 atom stereocenters. The van der Waals surface area contributed by atoms with Gasteiger partial charge in [-0.2, -0.15) is 0 Å². The van der Waals surface area contributed by atoms with E-state index in [1.54, 1.807) is 18.2 Å². The Morgan fingerprint density at radius 3 is 1.91 bits per heavy atom. The van der Waals surface area contributed by atoms with Crippen LogP contribution in [0.25, 0.3) is 22.3 Å². The highest BCUT2D eigenvalue weighted by Crippen LogP contribution is 2.42. The molecule has 10 nitrogen and oxygen atoms in total. The molecular formula is C23H20O10. The van der Waals surface area contributed by atoms with E-state index in [2.05, 4.69) is 0 Å². The molecule has 0 amide bonds. The Bertz CT molecular complexity index is 1320. The van der Waals surface area contributed by atoms with Gasteiger partial charge in [0, 0.05) is 38.5 Å². The molecule has 0 N–H and O–H groups in total. The topological polar surface area (TPSA) is 128 Å². The van der Waals surface area contributed by atoms with Gasteiger partial charge in [0.1, 0.15) is 16.9 Å². The molecule has 172 valence electrons. The summed E-state index contributed by atoms with van der Waals surface area (Å²) in [6.07, 6.45) is 0. The molecule has 0 radical (unpaired) electrons. The van der Waals surface area contributed by atoms with Crippen LogP contribution in [0.3, 0.4) is 0 Å². The average Bonchev–Trinajstić information content (AvgIpc) is 2.74. The Hall–Kier alpha value is -4.34. The molecule has 2 aromatic carbocycles. The first kappa shape index (κ1) is 23.3. The van der Waals surface area contributed by atoms with Gasteiger partial charge in [-0.15, -0.1) is 0 Å². The van der Waals surface area contributed by atoms with E-state index >= 15 is 0 Å². The second kappa shape index (κ2) is 9.43. The monoisotopic (exact) mass is 456 g/mol. The number of esters is 3. The Kier molecular flexibility index (Phi) is 6.67. The van der Waals surface area contributed by atoms with Crippen LogP contribution in [0.5, 0.6) is 28.7 Å². The van der Waals surface area contributed by atoms with Crippen LogP contribution in [0.1, 0.15) is 20.8 Å². The van der Waals surface area contributed by atoms with Crippen LogP contribution in [0, 0.1) is 0 Å². The molecule has 0 aliphatic heterocycles. The van der Waals surface area contributed by atoms with Crippen molar-refractivity contribution in [2.24, 2.45) is 0 Å². The number of carbonyl (C=O) groups is 3. The number of benzene rings is 2. The molecule has 0 aliphatic carbocycles. The van der Waals surface area contributed by atoms with Gasteiger partial charge < -0.3 is 28.1 Å². The highest BCUT2D eigenvalue weighted by atomic mass is 16.6. The molecule has 0 fully saturated rings. The molecule has 0 bridgehead atoms. The van der Waals surface area contributed by atoms with Gasteiger partial charge in [0.25, 0.3) is 0 Å². The minimum absolute atomic E-state index is 0.0793. The molecule has 1 heterocycles. The second-order valence-corrected chi connectivity index (χ2v) is 6.73. The van der Waals surface area contributed by atoms with E-state index < -0.39 is 23.3 Å². The predicted molar refractivity (Wildman–Crippen MR) is 115 cm³/mol. The van der Waals surface area contributed by atoms with Crippen molar-refractivity contribution in [2.45, 2.75) is 20.8 Å². The van der Waals surface area contributed by atoms with Crippen molar-refractivity contribution in [3.63, 3.8) is 0 Å². The first-order chi connectivity index (χ1) is 15.6. The zero-order valence-corrected chi connectivity index (χ0v) is 18.5. The summed E-state index contributed by atoms with van der Waals surface area (Å²) in [5.74, 6) is -2.12. The second-order valence-electron chi connectivity index (χ2n) is 6.73. The molecule has 0 aliphatic rings. The van der Waals surface area contributed by atoms with Crippen molar-refractivity contribution >= 4 is 28.9 Å². The van der Waals surface area contributed by atoms with Crippen molar-refractivity contribution in [1.29, 1.82) is 0 Å². The summed E-state index contributed by atoms with van der Waals surface area (Å²) in [6.45, 7) is 3.39. The standard InChI is InChI=1S/C23H20O10/c1-11(24)30-19-10-20(31-12(2)25)22(32-13(3)26)23-21(19)15(27)9-17(33-23)14-6-7-16(28-4)18(8-14)29-5/h6-10H,1-5H3. The maximum absolute atomic E-state index is 13.1. The van der Waals surface area contributed by atoms with Gasteiger partial charge in [-0.3, -0.25) is 19.2 Å². The molecule has 3 aromatic rings. The number of fused-ring (bicyclic) bond motifs is 1. The highest BCUT2D eigenvalue weighted by Gasteiger charge is 2.25. The first-order valence-corrected chi connectivity index (χ1v) is 9.57. The van der Waals surface area contributed by atoms with Gasteiger partial charge in [-0.05, 0) is 18.2 Å². The number of carbonyl (C=O) groups excluding carboxylic acids is 3. The predicted octanol–water partition coefficient (Wildman–Crippen LogP) is 3.25. The maximum atomic E-state index is 13.1. The fraction of sp³-hybridized carbons (Fsp3) is 0.217. The third-order valence-electron chi connectivity index (χ3n) is 4.31. The van der Waals surface area contributed by atoms with Crippen molar-refractivity contribution in [1.82, 2.24) is 0 Å². The van der Waals surface area contributed by atoms with Gasteiger partial charge in [-0.1, -0.05) is 0 Å². The Morgan fingerprint density at radius 2 is 1.33 bits per heavy atom. The van der Waals surface area contributed by atoms with E-state index in [1.807, 2.05) is 0 Å². The number of rotatable bonds is 6. The Labute approximate surface area is 187 Å². The van der Waals surface area contributed by atoms with Crippen LogP contribution in [0.2, 0.25) is 0 Å². The summed E-state index contributed by atoms with van der Waals surface area (Å²) >= 11 is 0. The fourth-order valence-corrected chi connectivity index (χ4v) is 3.09. The van der Waals surface area contributed by atoms with Crippen LogP contribution < -0.4 is 29.1 Å². The molecule has 10 heteroatoms. The summed E-state index contributed by atoms with van der Waals surface area (Å²) in [6, 6.07) is 7.11. The van der Waals surface area contributed by atoms with Crippen molar-refractivity contribution in [3.8, 4) is 40.1 Å². The van der Waals surface area contributed by atoms with Gasteiger partial charge in [0.05, 0.1) is 14.2 Å². The molecule has 33 heavy (non-hydrogen) atoms. The summed E-state index contributed by atoms with van der Waals surface area (Å²) in [5, 5.41) is -0.179. The van der Waals surface area contributed by atoms with Crippen LogP contribution in [-0.2, 0) is 14.4 Å². The Morgan fingerprint density at radius 1 is 0.727 bits per heavy atom. The van der Waals surface area contributed by atoms with Crippen LogP contribution >= 0.6 is 0 Å². The lowest BCUT2D eigenvalue weighted by Gasteiger charge is -2.15. The van der Waals surface area contributed by atoms with Gasteiger partial charge in [-0.25, -0.2) is 0 Å². The Balaban J connectivity index is 2.39. The van der Waals surface area contributed by atoms with Gasteiger partial charge in [0.15, 0.2) is 28.3 Å². The summed E-state index contributed by atoms with van der Waals surface area (Å²) < 4.78 is 31.9. The molecule has 1 aromatic heterocycles. The minimum atomic E-state index is -0.760. The largest absolute Gasteiger partial charge is 0.493 e. The number of ether oxygens (including phenoxy) is 5. The van der Waals surface area contributed by atoms with E-state index in [-0.39, 0.29) is 34.0 Å². The lowest BCUT2D eigenvalue weighted by molar-refractivity contribution is -0.134. The molecule has 3 rings (SSSR count). The van der Waals surface area contributed by atoms with E-state index in [0.717, 1.165) is 26.8 Å². The average molecular weight is 456 g/mol. The lowest BCUT2D eigenvalue weighted by atomic mass is 10.1. The van der Waals surface area contributed by atoms with Crippen LogP contribution in [-0.4, -0.2) is 32.1 Å². The van der Waals surface area contributed by atoms with E-state index in [1.165, 1.54) is 20.3 Å². The third kappa shape index (κ3) is 4.95. The van der Waals surface area contributed by atoms with Gasteiger partial charge >= 0.3 is 17.9 Å². The van der Waals surface area contributed by atoms with E-state index in [0.29, 0.717) is 17.1 Å². The lowest BCUT2D eigenvalue weighted by Crippen LogP contribution is -2.12. The summed E-state index contributed by atoms with van der Waals surface area (Å²) in [7, 11) is 2.93. The van der Waals surface area contributed by atoms with Gasteiger partial charge in [0.2, 0.25) is 5.75 Å². The molecule has 0 saturated heterocycles. The maximum Gasteiger partial charge on any atom is 0.308 e. The van der Waals surface area contributed by atoms with Crippen molar-refractivity contribution in [2.75, 3.05) is 14.2 Å². The first-order valence-electron chi connectivity index (χ1n) is 9.57. The normalized spacial score (nSPS) is 10.5.